The Morgan fingerprint density at radius 3 is 2.22 bits per heavy atom. The first kappa shape index (κ1) is 22.8. The number of allylic oxidation sites excluding steroid dienone is 2. The molecule has 0 heterocycles. The van der Waals surface area contributed by atoms with Gasteiger partial charge in [-0.2, -0.15) is 0 Å². The Bertz CT molecular complexity index is 322. The second-order valence-corrected chi connectivity index (χ2v) is 8.19. The summed E-state index contributed by atoms with van der Waals surface area (Å²) in [6.07, 6.45) is 16.3. The highest BCUT2D eigenvalue weighted by Gasteiger charge is 2.04. The van der Waals surface area contributed by atoms with Gasteiger partial charge in [-0.1, -0.05) is 57.6 Å². The minimum absolute atomic E-state index is 0.227. The van der Waals surface area contributed by atoms with E-state index in [4.69, 9.17) is 4.52 Å². The number of rotatable bonds is 15. The van der Waals surface area contributed by atoms with E-state index in [9.17, 15) is 5.11 Å². The predicted octanol–water partition coefficient (Wildman–Crippen LogP) is 4.54. The van der Waals surface area contributed by atoms with Gasteiger partial charge in [-0.05, 0) is 25.7 Å². The summed E-state index contributed by atoms with van der Waals surface area (Å²) in [5.41, 5.74) is 0.227. The third-order valence-corrected chi connectivity index (χ3v) is 4.41. The lowest BCUT2D eigenvalue weighted by molar-refractivity contribution is -0.870. The molecule has 0 atom stereocenters. The van der Waals surface area contributed by atoms with E-state index in [1.54, 1.807) is 0 Å². The molecule has 0 fully saturated rings. The van der Waals surface area contributed by atoms with Crippen molar-refractivity contribution in [2.45, 2.75) is 71.1 Å². The van der Waals surface area contributed by atoms with Gasteiger partial charge in [0.2, 0.25) is 0 Å². The highest BCUT2D eigenvalue weighted by atomic mass is 31.1. The summed E-state index contributed by atoms with van der Waals surface area (Å²) in [5, 5.41) is 11.7. The lowest BCUT2D eigenvalue weighted by Gasteiger charge is -2.23. The Morgan fingerprint density at radius 1 is 0.957 bits per heavy atom. The van der Waals surface area contributed by atoms with Crippen molar-refractivity contribution in [2.75, 3.05) is 34.3 Å². The zero-order valence-corrected chi connectivity index (χ0v) is 16.7. The molecule has 4 heteroatoms. The van der Waals surface area contributed by atoms with Crippen LogP contribution in [0, 0.1) is 0 Å². The van der Waals surface area contributed by atoms with Gasteiger partial charge in [0.05, 0.1) is 21.1 Å². The summed E-state index contributed by atoms with van der Waals surface area (Å²) in [7, 11) is 6.93. The number of quaternary nitrogens is 1. The standard InChI is InChI=1S/C19H38NO2P/c1-5-6-7-8-9-10-11-12-13-14-15-16-19(21)23-22-18-17-20(2,3)4/h8-9H,5-7,10-18H2,1-4H3/b9-8-. The number of unbranched alkanes of at least 4 members (excludes halogenated alkanes) is 7. The molecular formula is C19H38NO2P. The van der Waals surface area contributed by atoms with Crippen molar-refractivity contribution >= 4 is 13.9 Å². The molecule has 0 aliphatic rings. The van der Waals surface area contributed by atoms with Crippen LogP contribution in [0.1, 0.15) is 71.1 Å². The van der Waals surface area contributed by atoms with Crippen LogP contribution in [0.3, 0.4) is 0 Å². The van der Waals surface area contributed by atoms with Crippen LogP contribution in [0.2, 0.25) is 0 Å². The van der Waals surface area contributed by atoms with Gasteiger partial charge in [-0.3, -0.25) is 0 Å². The van der Waals surface area contributed by atoms with Crippen molar-refractivity contribution in [3.8, 4) is 0 Å². The molecule has 0 N–H and O–H groups in total. The Hall–Kier alpha value is -0.210. The molecule has 0 radical (unpaired) electrons. The van der Waals surface area contributed by atoms with Gasteiger partial charge in [0.1, 0.15) is 13.2 Å². The summed E-state index contributed by atoms with van der Waals surface area (Å²) in [5.74, 6) is 0. The third-order valence-electron chi connectivity index (χ3n) is 3.67. The van der Waals surface area contributed by atoms with Gasteiger partial charge in [0, 0.05) is 8.43 Å². The van der Waals surface area contributed by atoms with Crippen LogP contribution in [0.5, 0.6) is 0 Å². The molecule has 0 aromatic rings. The van der Waals surface area contributed by atoms with E-state index in [2.05, 4.69) is 40.2 Å². The maximum Gasteiger partial charge on any atom is 0.106 e. The smallest absolute Gasteiger partial charge is 0.106 e. The first-order valence-electron chi connectivity index (χ1n) is 9.27. The maximum absolute atomic E-state index is 11.7. The van der Waals surface area contributed by atoms with Crippen molar-refractivity contribution in [3.63, 3.8) is 0 Å². The minimum Gasteiger partial charge on any atom is -0.826 e. The van der Waals surface area contributed by atoms with Gasteiger partial charge < -0.3 is 14.1 Å². The zero-order valence-electron chi connectivity index (χ0n) is 15.9. The Kier molecular flexibility index (Phi) is 15.2. The van der Waals surface area contributed by atoms with Crippen LogP contribution in [-0.2, 0) is 4.52 Å². The molecule has 23 heavy (non-hydrogen) atoms. The number of likely N-dealkylation sites (N-methyl/N-ethyl adjacent to an activating group) is 1. The molecule has 136 valence electrons. The minimum atomic E-state index is 0.227. The molecule has 0 amide bonds. The molecule has 0 saturated carbocycles. The molecule has 0 aliphatic carbocycles. The van der Waals surface area contributed by atoms with Crippen LogP contribution < -0.4 is 5.11 Å². The number of nitrogens with zero attached hydrogens (tertiary/aromatic N) is 1. The lowest BCUT2D eigenvalue weighted by atomic mass is 10.1. The van der Waals surface area contributed by atoms with Crippen molar-refractivity contribution < 1.29 is 14.1 Å². The fraction of sp³-hybridized carbons (Fsp3) is 0.842. The molecule has 0 bridgehead atoms. The summed E-state index contributed by atoms with van der Waals surface area (Å²) in [6, 6.07) is 0. The molecule has 3 nitrogen and oxygen atoms in total. The van der Waals surface area contributed by atoms with E-state index < -0.39 is 0 Å². The van der Waals surface area contributed by atoms with Gasteiger partial charge in [0.25, 0.3) is 0 Å². The van der Waals surface area contributed by atoms with E-state index in [0.717, 1.165) is 17.4 Å². The molecule has 0 unspecified atom stereocenters. The van der Waals surface area contributed by atoms with Crippen molar-refractivity contribution in [1.29, 1.82) is 0 Å². The van der Waals surface area contributed by atoms with Crippen LogP contribution >= 0.6 is 8.43 Å². The van der Waals surface area contributed by atoms with Gasteiger partial charge in [-0.15, -0.1) is 5.48 Å². The molecule has 0 aromatic carbocycles. The molecule has 0 spiro atoms. The van der Waals surface area contributed by atoms with Crippen LogP contribution in [0.4, 0.5) is 0 Å². The highest BCUT2D eigenvalue weighted by Crippen LogP contribution is 2.10. The molecular weight excluding hydrogens is 305 g/mol. The molecule has 0 aliphatic heterocycles. The topological polar surface area (TPSA) is 32.3 Å². The van der Waals surface area contributed by atoms with Crippen molar-refractivity contribution in [2.24, 2.45) is 0 Å². The van der Waals surface area contributed by atoms with Crippen LogP contribution in [0.25, 0.3) is 0 Å². The monoisotopic (exact) mass is 343 g/mol. The largest absolute Gasteiger partial charge is 0.826 e. The summed E-state index contributed by atoms with van der Waals surface area (Å²) < 4.78 is 6.29. The summed E-state index contributed by atoms with van der Waals surface area (Å²) in [6.45, 7) is 3.82. The zero-order chi connectivity index (χ0) is 17.4. The summed E-state index contributed by atoms with van der Waals surface area (Å²) in [4.78, 5) is 0. The quantitative estimate of drug-likeness (QED) is 0.189. The lowest BCUT2D eigenvalue weighted by Crippen LogP contribution is -2.37. The average molecular weight is 343 g/mol. The van der Waals surface area contributed by atoms with E-state index in [-0.39, 0.29) is 5.48 Å². The highest BCUT2D eigenvalue weighted by molar-refractivity contribution is 7.34. The molecule has 0 saturated heterocycles. The van der Waals surface area contributed by atoms with E-state index in [1.807, 2.05) is 0 Å². The Balaban J connectivity index is 3.38. The second-order valence-electron chi connectivity index (χ2n) is 7.25. The van der Waals surface area contributed by atoms with E-state index in [0.29, 0.717) is 21.5 Å². The number of hydrogen-bond donors (Lipinski definition) is 0. The SMILES string of the molecule is CCCC/C=C\CCCCCCCC([O-])=POCC[N+](C)(C)C. The van der Waals surface area contributed by atoms with Crippen LogP contribution in [-0.4, -0.2) is 44.3 Å². The fourth-order valence-electron chi connectivity index (χ4n) is 2.10. The van der Waals surface area contributed by atoms with Crippen LogP contribution in [0.15, 0.2) is 12.2 Å². The predicted molar refractivity (Wildman–Crippen MR) is 102 cm³/mol. The van der Waals surface area contributed by atoms with Crippen molar-refractivity contribution in [3.05, 3.63) is 12.2 Å². The normalized spacial score (nSPS) is 13.2. The summed E-state index contributed by atoms with van der Waals surface area (Å²) >= 11 is 0. The van der Waals surface area contributed by atoms with Gasteiger partial charge in [-0.25, -0.2) is 0 Å². The fourth-order valence-corrected chi connectivity index (χ4v) is 2.67. The maximum atomic E-state index is 11.7. The average Bonchev–Trinajstić information content (AvgIpc) is 2.48. The molecule has 0 aromatic heterocycles. The Morgan fingerprint density at radius 2 is 1.57 bits per heavy atom. The van der Waals surface area contributed by atoms with Crippen molar-refractivity contribution in [1.82, 2.24) is 0 Å². The first-order chi connectivity index (χ1) is 11.0. The Labute approximate surface area is 146 Å². The van der Waals surface area contributed by atoms with Gasteiger partial charge in [0.15, 0.2) is 0 Å². The first-order valence-corrected chi connectivity index (χ1v) is 10.1. The van der Waals surface area contributed by atoms with E-state index in [1.165, 1.54) is 51.4 Å². The van der Waals surface area contributed by atoms with Gasteiger partial charge >= 0.3 is 0 Å². The second kappa shape index (κ2) is 15.3. The van der Waals surface area contributed by atoms with E-state index >= 15 is 0 Å². The third kappa shape index (κ3) is 19.7. The number of hydrogen-bond acceptors (Lipinski definition) is 2. The molecule has 0 rings (SSSR count).